The molecule has 4 rings (SSSR count). The highest BCUT2D eigenvalue weighted by Gasteiger charge is 2.39. The summed E-state index contributed by atoms with van der Waals surface area (Å²) >= 11 is 0. The maximum atomic E-state index is 12.9. The minimum absolute atomic E-state index is 0.0532. The van der Waals surface area contributed by atoms with Gasteiger partial charge in [-0.2, -0.15) is 0 Å². The monoisotopic (exact) mass is 439 g/mol. The van der Waals surface area contributed by atoms with Crippen molar-refractivity contribution in [3.8, 4) is 0 Å². The zero-order valence-electron chi connectivity index (χ0n) is 19.3. The zero-order chi connectivity index (χ0) is 23.1. The Morgan fingerprint density at radius 3 is 2.16 bits per heavy atom. The number of H-pyrrole nitrogens is 1. The van der Waals surface area contributed by atoms with Gasteiger partial charge in [0.25, 0.3) is 5.91 Å². The average Bonchev–Trinajstić information content (AvgIpc) is 3.14. The zero-order valence-corrected chi connectivity index (χ0v) is 19.3. The van der Waals surface area contributed by atoms with Crippen LogP contribution in [0.15, 0.2) is 30.3 Å². The van der Waals surface area contributed by atoms with Crippen molar-refractivity contribution in [2.45, 2.75) is 57.7 Å². The molecule has 0 spiro atoms. The second-order valence-electron chi connectivity index (χ2n) is 10.3. The average molecular weight is 440 g/mol. The Morgan fingerprint density at radius 1 is 0.938 bits per heavy atom. The standard InChI is InChI=1S/C24H33N5O3/c1-23(2)14-17(15-24(3,4)27-23)25-20(30)22(32)29-11-9-28(10-12-29)21(31)19-13-16-7-5-6-8-18(16)26-19/h5-8,13,17,26-27H,9-12,14-15H2,1-4H3,(H,25,30). The van der Waals surface area contributed by atoms with Crippen LogP contribution in [-0.2, 0) is 9.59 Å². The number of benzene rings is 1. The van der Waals surface area contributed by atoms with Crippen LogP contribution in [0.25, 0.3) is 10.9 Å². The van der Waals surface area contributed by atoms with Crippen LogP contribution in [0, 0.1) is 0 Å². The Hall–Kier alpha value is -2.87. The molecule has 32 heavy (non-hydrogen) atoms. The molecule has 0 aliphatic carbocycles. The van der Waals surface area contributed by atoms with Crippen LogP contribution in [-0.4, -0.2) is 75.8 Å². The number of fused-ring (bicyclic) bond motifs is 1. The van der Waals surface area contributed by atoms with E-state index in [0.29, 0.717) is 31.9 Å². The minimum Gasteiger partial charge on any atom is -0.351 e. The predicted molar refractivity (Wildman–Crippen MR) is 123 cm³/mol. The number of piperidine rings is 1. The molecule has 0 saturated carbocycles. The highest BCUT2D eigenvalue weighted by Crippen LogP contribution is 2.28. The van der Waals surface area contributed by atoms with Gasteiger partial charge in [0.05, 0.1) is 0 Å². The van der Waals surface area contributed by atoms with E-state index < -0.39 is 11.8 Å². The molecule has 2 aromatic rings. The van der Waals surface area contributed by atoms with Gasteiger partial charge in [0.15, 0.2) is 0 Å². The van der Waals surface area contributed by atoms with Crippen molar-refractivity contribution in [2.24, 2.45) is 0 Å². The van der Waals surface area contributed by atoms with Gasteiger partial charge in [-0.25, -0.2) is 0 Å². The van der Waals surface area contributed by atoms with Crippen LogP contribution in [0.5, 0.6) is 0 Å². The van der Waals surface area contributed by atoms with Crippen molar-refractivity contribution in [1.29, 1.82) is 0 Å². The van der Waals surface area contributed by atoms with E-state index in [4.69, 9.17) is 0 Å². The van der Waals surface area contributed by atoms with Crippen LogP contribution in [0.2, 0.25) is 0 Å². The molecule has 3 heterocycles. The Labute approximate surface area is 188 Å². The van der Waals surface area contributed by atoms with E-state index in [2.05, 4.69) is 43.3 Å². The molecule has 8 nitrogen and oxygen atoms in total. The van der Waals surface area contributed by atoms with Crippen LogP contribution >= 0.6 is 0 Å². The number of piperazine rings is 1. The number of aromatic amines is 1. The minimum atomic E-state index is -0.557. The first-order valence-corrected chi connectivity index (χ1v) is 11.3. The van der Waals surface area contributed by atoms with Crippen molar-refractivity contribution in [1.82, 2.24) is 25.4 Å². The van der Waals surface area contributed by atoms with Gasteiger partial charge in [0.1, 0.15) is 5.69 Å². The lowest BCUT2D eigenvalue weighted by Gasteiger charge is -2.46. The molecule has 1 aromatic carbocycles. The van der Waals surface area contributed by atoms with Crippen LogP contribution in [0.4, 0.5) is 0 Å². The fourth-order valence-electron chi connectivity index (χ4n) is 5.29. The number of amides is 3. The fourth-order valence-corrected chi connectivity index (χ4v) is 5.29. The molecule has 0 unspecified atom stereocenters. The summed E-state index contributed by atoms with van der Waals surface area (Å²) < 4.78 is 0. The van der Waals surface area contributed by atoms with E-state index in [1.807, 2.05) is 30.3 Å². The summed E-state index contributed by atoms with van der Waals surface area (Å²) in [5, 5.41) is 7.52. The number of nitrogens with one attached hydrogen (secondary N) is 3. The van der Waals surface area contributed by atoms with Crippen molar-refractivity contribution < 1.29 is 14.4 Å². The molecule has 0 bridgehead atoms. The van der Waals surface area contributed by atoms with Gasteiger partial charge in [-0.1, -0.05) is 18.2 Å². The number of hydrogen-bond donors (Lipinski definition) is 3. The van der Waals surface area contributed by atoms with E-state index >= 15 is 0 Å². The summed E-state index contributed by atoms with van der Waals surface area (Å²) in [7, 11) is 0. The maximum Gasteiger partial charge on any atom is 0.312 e. The molecule has 1 aromatic heterocycles. The normalized spacial score (nSPS) is 20.9. The van der Waals surface area contributed by atoms with E-state index in [1.54, 1.807) is 9.80 Å². The van der Waals surface area contributed by atoms with Crippen molar-refractivity contribution >= 4 is 28.6 Å². The molecule has 8 heteroatoms. The van der Waals surface area contributed by atoms with E-state index in [0.717, 1.165) is 23.7 Å². The van der Waals surface area contributed by atoms with Gasteiger partial charge in [-0.3, -0.25) is 14.4 Å². The topological polar surface area (TPSA) is 97.5 Å². The number of hydrogen-bond acceptors (Lipinski definition) is 4. The third-order valence-corrected chi connectivity index (χ3v) is 6.33. The Kier molecular flexibility index (Phi) is 5.75. The number of carbonyl (C=O) groups excluding carboxylic acids is 3. The molecule has 3 N–H and O–H groups in total. The van der Waals surface area contributed by atoms with Gasteiger partial charge in [-0.15, -0.1) is 0 Å². The van der Waals surface area contributed by atoms with Gasteiger partial charge in [0, 0.05) is 54.2 Å². The van der Waals surface area contributed by atoms with Gasteiger partial charge >= 0.3 is 11.8 Å². The molecule has 2 aliphatic rings. The Bertz CT molecular complexity index is 984. The summed E-state index contributed by atoms with van der Waals surface area (Å²) in [6.07, 6.45) is 1.53. The molecular formula is C24H33N5O3. The molecule has 2 aliphatic heterocycles. The molecule has 0 radical (unpaired) electrons. The first kappa shape index (κ1) is 22.3. The molecule has 2 saturated heterocycles. The van der Waals surface area contributed by atoms with E-state index in [-0.39, 0.29) is 23.0 Å². The van der Waals surface area contributed by atoms with Crippen molar-refractivity contribution in [2.75, 3.05) is 26.2 Å². The molecule has 3 amide bonds. The molecule has 0 atom stereocenters. The third kappa shape index (κ3) is 4.80. The third-order valence-electron chi connectivity index (χ3n) is 6.33. The lowest BCUT2D eigenvalue weighted by atomic mass is 9.79. The first-order valence-electron chi connectivity index (χ1n) is 11.3. The number of carbonyl (C=O) groups is 3. The van der Waals surface area contributed by atoms with E-state index in [9.17, 15) is 14.4 Å². The Morgan fingerprint density at radius 2 is 1.53 bits per heavy atom. The quantitative estimate of drug-likeness (QED) is 0.623. The summed E-state index contributed by atoms with van der Waals surface area (Å²) in [6.45, 7) is 9.94. The van der Waals surface area contributed by atoms with Gasteiger partial charge in [-0.05, 0) is 52.7 Å². The Balaban J connectivity index is 1.32. The predicted octanol–water partition coefficient (Wildman–Crippen LogP) is 1.88. The first-order chi connectivity index (χ1) is 15.0. The van der Waals surface area contributed by atoms with Crippen molar-refractivity contribution in [3.63, 3.8) is 0 Å². The summed E-state index contributed by atoms with van der Waals surface area (Å²) in [4.78, 5) is 44.7. The number of rotatable bonds is 2. The highest BCUT2D eigenvalue weighted by atomic mass is 16.2. The van der Waals surface area contributed by atoms with E-state index in [1.165, 1.54) is 0 Å². The van der Waals surface area contributed by atoms with Crippen LogP contribution in [0.3, 0.4) is 0 Å². The lowest BCUT2D eigenvalue weighted by molar-refractivity contribution is -0.147. The van der Waals surface area contributed by atoms with Gasteiger partial charge in [0.2, 0.25) is 0 Å². The molecule has 2 fully saturated rings. The van der Waals surface area contributed by atoms with Crippen LogP contribution < -0.4 is 10.6 Å². The second-order valence-corrected chi connectivity index (χ2v) is 10.3. The fraction of sp³-hybridized carbons (Fsp3) is 0.542. The summed E-state index contributed by atoms with van der Waals surface area (Å²) in [5.41, 5.74) is 1.24. The van der Waals surface area contributed by atoms with Crippen molar-refractivity contribution in [3.05, 3.63) is 36.0 Å². The highest BCUT2D eigenvalue weighted by molar-refractivity contribution is 6.35. The number of nitrogens with zero attached hydrogens (tertiary/aromatic N) is 2. The smallest absolute Gasteiger partial charge is 0.312 e. The summed E-state index contributed by atoms with van der Waals surface area (Å²) in [5.74, 6) is -1.16. The van der Waals surface area contributed by atoms with Crippen LogP contribution in [0.1, 0.15) is 51.0 Å². The lowest BCUT2D eigenvalue weighted by Crippen LogP contribution is -2.63. The summed E-state index contributed by atoms with van der Waals surface area (Å²) in [6, 6.07) is 9.56. The largest absolute Gasteiger partial charge is 0.351 e. The SMILES string of the molecule is CC1(C)CC(NC(=O)C(=O)N2CCN(C(=O)c3cc4ccccc4[nH]3)CC2)CC(C)(C)N1. The second kappa shape index (κ2) is 8.24. The number of para-hydroxylation sites is 1. The molecule has 172 valence electrons. The van der Waals surface area contributed by atoms with Gasteiger partial charge < -0.3 is 25.4 Å². The molecular weight excluding hydrogens is 406 g/mol. The maximum absolute atomic E-state index is 12.9. The number of aromatic nitrogens is 1.